The molecule has 7 heteroatoms. The Morgan fingerprint density at radius 3 is 2.43 bits per heavy atom. The lowest BCUT2D eigenvalue weighted by Crippen LogP contribution is -2.39. The summed E-state index contributed by atoms with van der Waals surface area (Å²) in [5.74, 6) is 0.180. The third-order valence-corrected chi connectivity index (χ3v) is 5.01. The molecule has 1 amide bonds. The van der Waals surface area contributed by atoms with Crippen molar-refractivity contribution in [3.8, 4) is 11.5 Å². The van der Waals surface area contributed by atoms with Gasteiger partial charge in [-0.1, -0.05) is 29.8 Å². The Morgan fingerprint density at radius 1 is 1.07 bits per heavy atom. The first-order valence-electron chi connectivity index (χ1n) is 9.74. The molecule has 1 aliphatic heterocycles. The number of amides is 1. The molecule has 0 unspecified atom stereocenters. The maximum atomic E-state index is 13.0. The van der Waals surface area contributed by atoms with E-state index in [2.05, 4.69) is 5.43 Å². The molecule has 0 fully saturated rings. The Balaban J connectivity index is 1.96. The van der Waals surface area contributed by atoms with Crippen molar-refractivity contribution in [3.05, 3.63) is 65.2 Å². The lowest BCUT2D eigenvalue weighted by molar-refractivity contribution is -0.137. The van der Waals surface area contributed by atoms with Crippen molar-refractivity contribution in [1.82, 2.24) is 10.4 Å². The zero-order valence-corrected chi connectivity index (χ0v) is 17.3. The van der Waals surface area contributed by atoms with Gasteiger partial charge in [-0.3, -0.25) is 15.0 Å². The average Bonchev–Trinajstić information content (AvgIpc) is 3.18. The first-order chi connectivity index (χ1) is 14.4. The van der Waals surface area contributed by atoms with Gasteiger partial charge in [0, 0.05) is 18.4 Å². The van der Waals surface area contributed by atoms with E-state index in [4.69, 9.17) is 14.6 Å². The van der Waals surface area contributed by atoms with E-state index in [-0.39, 0.29) is 25.2 Å². The summed E-state index contributed by atoms with van der Waals surface area (Å²) in [5.41, 5.74) is 6.88. The molecule has 2 N–H and O–H groups in total. The number of hydrazine groups is 1. The van der Waals surface area contributed by atoms with E-state index >= 15 is 0 Å². The van der Waals surface area contributed by atoms with Crippen molar-refractivity contribution < 1.29 is 24.2 Å². The predicted molar refractivity (Wildman–Crippen MR) is 113 cm³/mol. The van der Waals surface area contributed by atoms with Crippen molar-refractivity contribution in [2.24, 2.45) is 0 Å². The highest BCUT2D eigenvalue weighted by Crippen LogP contribution is 2.38. The molecular formula is C23H26N2O5. The van der Waals surface area contributed by atoms with Crippen LogP contribution in [-0.4, -0.2) is 36.2 Å². The second-order valence-electron chi connectivity index (χ2n) is 7.12. The highest BCUT2D eigenvalue weighted by atomic mass is 16.5. The Morgan fingerprint density at radius 2 is 1.80 bits per heavy atom. The van der Waals surface area contributed by atoms with Crippen LogP contribution in [0.5, 0.6) is 11.5 Å². The predicted octanol–water partition coefficient (Wildman–Crippen LogP) is 3.70. The number of aliphatic carboxylic acids is 1. The van der Waals surface area contributed by atoms with Gasteiger partial charge in [-0.05, 0) is 43.2 Å². The molecule has 1 aliphatic rings. The number of hydrogen-bond donors (Lipinski definition) is 2. The van der Waals surface area contributed by atoms with Crippen LogP contribution in [0.15, 0.2) is 48.5 Å². The van der Waals surface area contributed by atoms with E-state index in [1.165, 1.54) is 5.01 Å². The molecular weight excluding hydrogens is 384 g/mol. The summed E-state index contributed by atoms with van der Waals surface area (Å²) >= 11 is 0. The minimum absolute atomic E-state index is 0.0506. The van der Waals surface area contributed by atoms with E-state index in [9.17, 15) is 9.59 Å². The summed E-state index contributed by atoms with van der Waals surface area (Å²) in [6.45, 7) is 2.02. The van der Waals surface area contributed by atoms with Crippen LogP contribution in [0.2, 0.25) is 0 Å². The molecule has 0 radical (unpaired) electrons. The number of carbonyl (C=O) groups excluding carboxylic acids is 1. The van der Waals surface area contributed by atoms with E-state index in [1.54, 1.807) is 26.4 Å². The number of benzene rings is 2. The van der Waals surface area contributed by atoms with Crippen molar-refractivity contribution >= 4 is 17.6 Å². The summed E-state index contributed by atoms with van der Waals surface area (Å²) in [7, 11) is 3.16. The number of hydrogen-bond acceptors (Lipinski definition) is 5. The van der Waals surface area contributed by atoms with E-state index < -0.39 is 12.0 Å². The first-order valence-corrected chi connectivity index (χ1v) is 9.74. The van der Waals surface area contributed by atoms with Gasteiger partial charge >= 0.3 is 5.97 Å². The zero-order valence-electron chi connectivity index (χ0n) is 17.3. The molecule has 0 saturated heterocycles. The van der Waals surface area contributed by atoms with Gasteiger partial charge in [-0.15, -0.1) is 0 Å². The Kier molecular flexibility index (Phi) is 6.61. The van der Waals surface area contributed by atoms with Crippen LogP contribution in [0.3, 0.4) is 0 Å². The van der Waals surface area contributed by atoms with Gasteiger partial charge < -0.3 is 14.6 Å². The van der Waals surface area contributed by atoms with Gasteiger partial charge in [-0.25, -0.2) is 5.01 Å². The highest BCUT2D eigenvalue weighted by molar-refractivity contribution is 5.81. The lowest BCUT2D eigenvalue weighted by atomic mass is 10.0. The van der Waals surface area contributed by atoms with Crippen molar-refractivity contribution in [3.63, 3.8) is 0 Å². The topological polar surface area (TPSA) is 88.1 Å². The Hall–Kier alpha value is -3.48. The minimum atomic E-state index is -0.915. The first kappa shape index (κ1) is 21.2. The number of ether oxygens (including phenoxy) is 2. The van der Waals surface area contributed by atoms with E-state index in [0.29, 0.717) is 11.5 Å². The Labute approximate surface area is 175 Å². The SMILES string of the molecule is COc1ccc(OC)c([C@H]2C=C(c3ccc(C)cc3)NN2C(=O)CCCC(=O)O)c1. The zero-order chi connectivity index (χ0) is 21.7. The van der Waals surface area contributed by atoms with Crippen LogP contribution >= 0.6 is 0 Å². The quantitative estimate of drug-likeness (QED) is 0.690. The number of nitrogens with one attached hydrogen (secondary N) is 1. The molecule has 0 aliphatic carbocycles. The highest BCUT2D eigenvalue weighted by Gasteiger charge is 2.32. The largest absolute Gasteiger partial charge is 0.497 e. The van der Waals surface area contributed by atoms with Crippen LogP contribution in [-0.2, 0) is 9.59 Å². The fraction of sp³-hybridized carbons (Fsp3) is 0.304. The summed E-state index contributed by atoms with van der Waals surface area (Å²) in [4.78, 5) is 23.8. The third-order valence-electron chi connectivity index (χ3n) is 5.01. The lowest BCUT2D eigenvalue weighted by Gasteiger charge is -2.27. The number of rotatable bonds is 8. The fourth-order valence-corrected chi connectivity index (χ4v) is 3.39. The summed E-state index contributed by atoms with van der Waals surface area (Å²) < 4.78 is 10.9. The second kappa shape index (κ2) is 9.35. The van der Waals surface area contributed by atoms with Crippen LogP contribution in [0.1, 0.15) is 42.0 Å². The second-order valence-corrected chi connectivity index (χ2v) is 7.12. The van der Waals surface area contributed by atoms with Gasteiger partial charge in [0.25, 0.3) is 0 Å². The monoisotopic (exact) mass is 410 g/mol. The fourth-order valence-electron chi connectivity index (χ4n) is 3.39. The molecule has 2 aromatic carbocycles. The number of carboxylic acid groups (broad SMARTS) is 1. The average molecular weight is 410 g/mol. The maximum Gasteiger partial charge on any atom is 0.303 e. The van der Waals surface area contributed by atoms with E-state index in [1.807, 2.05) is 43.3 Å². The van der Waals surface area contributed by atoms with Gasteiger partial charge in [0.1, 0.15) is 17.5 Å². The Bertz CT molecular complexity index is 953. The van der Waals surface area contributed by atoms with Crippen molar-refractivity contribution in [2.75, 3.05) is 14.2 Å². The number of carboxylic acids is 1. The third kappa shape index (κ3) is 4.74. The number of carbonyl (C=O) groups is 2. The van der Waals surface area contributed by atoms with Crippen LogP contribution in [0, 0.1) is 6.92 Å². The summed E-state index contributed by atoms with van der Waals surface area (Å²) in [6.07, 6.45) is 2.31. The number of aryl methyl sites for hydroxylation is 1. The van der Waals surface area contributed by atoms with Crippen LogP contribution < -0.4 is 14.9 Å². The van der Waals surface area contributed by atoms with Gasteiger partial charge in [0.05, 0.1) is 19.9 Å². The molecule has 2 aromatic rings. The molecule has 7 nitrogen and oxygen atoms in total. The summed E-state index contributed by atoms with van der Waals surface area (Å²) in [5, 5.41) is 10.4. The van der Waals surface area contributed by atoms with Gasteiger partial charge in [0.2, 0.25) is 5.91 Å². The number of nitrogens with zero attached hydrogens (tertiary/aromatic N) is 1. The molecule has 0 aromatic heterocycles. The molecule has 30 heavy (non-hydrogen) atoms. The molecule has 1 atom stereocenters. The maximum absolute atomic E-state index is 13.0. The van der Waals surface area contributed by atoms with Gasteiger partial charge in [0.15, 0.2) is 0 Å². The van der Waals surface area contributed by atoms with E-state index in [0.717, 1.165) is 22.4 Å². The normalized spacial score (nSPS) is 15.4. The summed E-state index contributed by atoms with van der Waals surface area (Å²) in [6, 6.07) is 13.0. The number of methoxy groups -OCH3 is 2. The standard InChI is InChI=1S/C23H26N2O5/c1-15-7-9-16(10-8-15)19-14-20(18-13-17(29-2)11-12-21(18)30-3)25(24-19)22(26)5-4-6-23(27)28/h7-14,20,24H,4-6H2,1-3H3,(H,27,28)/t20-/m1/s1. The van der Waals surface area contributed by atoms with Crippen molar-refractivity contribution in [2.45, 2.75) is 32.2 Å². The molecule has 0 bridgehead atoms. The smallest absolute Gasteiger partial charge is 0.303 e. The van der Waals surface area contributed by atoms with Gasteiger partial charge in [-0.2, -0.15) is 0 Å². The van der Waals surface area contributed by atoms with Crippen LogP contribution in [0.4, 0.5) is 0 Å². The van der Waals surface area contributed by atoms with Crippen molar-refractivity contribution in [1.29, 1.82) is 0 Å². The molecule has 158 valence electrons. The molecule has 1 heterocycles. The molecule has 0 saturated carbocycles. The minimum Gasteiger partial charge on any atom is -0.497 e. The van der Waals surface area contributed by atoms with Crippen LogP contribution in [0.25, 0.3) is 5.70 Å². The molecule has 0 spiro atoms. The molecule has 3 rings (SSSR count).